The normalized spacial score (nSPS) is 19.5. The second kappa shape index (κ2) is 12.4. The molecular weight excluding hydrogens is 543 g/mol. The Balaban J connectivity index is 1.02. The SMILES string of the molecule is O=C([C@@H]1CSC(c2cccnc2)N1)N1CCN(CCCOc2c(-c3ccc(F)cc3)oc3ccccc3c2=O)CC1. The van der Waals surface area contributed by atoms with E-state index in [0.717, 1.165) is 31.0 Å². The van der Waals surface area contributed by atoms with Gasteiger partial charge in [0.25, 0.3) is 0 Å². The summed E-state index contributed by atoms with van der Waals surface area (Å²) in [5, 5.41) is 3.99. The monoisotopic (exact) mass is 574 g/mol. The highest BCUT2D eigenvalue weighted by molar-refractivity contribution is 7.99. The summed E-state index contributed by atoms with van der Waals surface area (Å²) in [5.41, 5.74) is 1.87. The fourth-order valence-electron chi connectivity index (χ4n) is 5.26. The van der Waals surface area contributed by atoms with Crippen molar-refractivity contribution in [1.82, 2.24) is 20.1 Å². The molecule has 2 aromatic heterocycles. The maximum absolute atomic E-state index is 13.5. The van der Waals surface area contributed by atoms with E-state index in [1.807, 2.05) is 23.2 Å². The van der Waals surface area contributed by atoms with Crippen molar-refractivity contribution in [1.29, 1.82) is 0 Å². The van der Waals surface area contributed by atoms with Crippen molar-refractivity contribution in [2.24, 2.45) is 0 Å². The van der Waals surface area contributed by atoms with Gasteiger partial charge in [-0.2, -0.15) is 0 Å². The fourth-order valence-corrected chi connectivity index (χ4v) is 6.48. The van der Waals surface area contributed by atoms with Crippen LogP contribution in [-0.2, 0) is 4.79 Å². The molecule has 4 aromatic rings. The van der Waals surface area contributed by atoms with E-state index < -0.39 is 0 Å². The van der Waals surface area contributed by atoms with Crippen LogP contribution >= 0.6 is 11.8 Å². The van der Waals surface area contributed by atoms with Crippen LogP contribution in [-0.4, -0.2) is 71.8 Å². The number of ether oxygens (including phenoxy) is 1. The number of halogens is 1. The van der Waals surface area contributed by atoms with E-state index in [1.165, 1.54) is 12.1 Å². The molecule has 0 bridgehead atoms. The average molecular weight is 575 g/mol. The summed E-state index contributed by atoms with van der Waals surface area (Å²) in [7, 11) is 0. The standard InChI is InChI=1S/C31H31FN4O4S/c32-23-10-8-21(9-11-23)28-29(27(37)24-6-1-2-7-26(24)40-28)39-18-4-13-35-14-16-36(17-15-35)31(38)25-20-41-30(34-25)22-5-3-12-33-19-22/h1-3,5-12,19,25,30,34H,4,13-18,20H2/t25-,30?/m0/s1. The summed E-state index contributed by atoms with van der Waals surface area (Å²) in [4.78, 5) is 34.9. The van der Waals surface area contributed by atoms with Gasteiger partial charge in [-0.1, -0.05) is 18.2 Å². The molecule has 2 aliphatic heterocycles. The van der Waals surface area contributed by atoms with Crippen LogP contribution in [0, 0.1) is 5.82 Å². The van der Waals surface area contributed by atoms with E-state index in [9.17, 15) is 14.0 Å². The van der Waals surface area contributed by atoms with Crippen LogP contribution in [0.4, 0.5) is 4.39 Å². The van der Waals surface area contributed by atoms with Gasteiger partial charge < -0.3 is 14.1 Å². The number of fused-ring (bicyclic) bond motifs is 1. The van der Waals surface area contributed by atoms with Gasteiger partial charge in [0, 0.05) is 56.4 Å². The van der Waals surface area contributed by atoms with E-state index in [0.29, 0.717) is 48.4 Å². The van der Waals surface area contributed by atoms with Crippen molar-refractivity contribution in [3.05, 3.63) is 94.7 Å². The minimum absolute atomic E-state index is 0.0903. The number of rotatable bonds is 8. The zero-order valence-electron chi connectivity index (χ0n) is 22.5. The van der Waals surface area contributed by atoms with Crippen molar-refractivity contribution in [3.8, 4) is 17.1 Å². The lowest BCUT2D eigenvalue weighted by molar-refractivity contribution is -0.134. The molecule has 10 heteroatoms. The maximum Gasteiger partial charge on any atom is 0.240 e. The summed E-state index contributed by atoms with van der Waals surface area (Å²) in [6.45, 7) is 4.06. The van der Waals surface area contributed by atoms with E-state index in [-0.39, 0.29) is 34.3 Å². The Labute approximate surface area is 241 Å². The number of pyridine rings is 1. The number of benzene rings is 2. The number of piperazine rings is 1. The Hall–Kier alpha value is -3.73. The first-order valence-corrected chi connectivity index (χ1v) is 14.8. The zero-order valence-corrected chi connectivity index (χ0v) is 23.3. The molecule has 0 radical (unpaired) electrons. The van der Waals surface area contributed by atoms with Gasteiger partial charge in [-0.25, -0.2) is 4.39 Å². The molecule has 6 rings (SSSR count). The van der Waals surface area contributed by atoms with Crippen LogP contribution in [0.1, 0.15) is 17.4 Å². The topological polar surface area (TPSA) is 87.9 Å². The number of carbonyl (C=O) groups is 1. The second-order valence-electron chi connectivity index (χ2n) is 10.2. The van der Waals surface area contributed by atoms with Crippen molar-refractivity contribution in [2.45, 2.75) is 17.8 Å². The maximum atomic E-state index is 13.5. The number of aromatic nitrogens is 1. The van der Waals surface area contributed by atoms with Crippen LogP contribution in [0.3, 0.4) is 0 Å². The van der Waals surface area contributed by atoms with E-state index in [1.54, 1.807) is 54.4 Å². The van der Waals surface area contributed by atoms with E-state index in [4.69, 9.17) is 9.15 Å². The molecule has 41 heavy (non-hydrogen) atoms. The molecule has 2 fully saturated rings. The van der Waals surface area contributed by atoms with Crippen molar-refractivity contribution >= 4 is 28.6 Å². The fraction of sp³-hybridized carbons (Fsp3) is 0.323. The third kappa shape index (κ3) is 6.14. The molecule has 212 valence electrons. The predicted molar refractivity (Wildman–Crippen MR) is 157 cm³/mol. The number of hydrogen-bond acceptors (Lipinski definition) is 8. The van der Waals surface area contributed by atoms with Crippen LogP contribution < -0.4 is 15.5 Å². The molecule has 1 amide bonds. The molecule has 1 N–H and O–H groups in total. The van der Waals surface area contributed by atoms with Gasteiger partial charge in [0.1, 0.15) is 11.4 Å². The van der Waals surface area contributed by atoms with Crippen LogP contribution in [0.15, 0.2) is 82.3 Å². The number of hydrogen-bond donors (Lipinski definition) is 1. The molecule has 1 unspecified atom stereocenters. The molecule has 4 heterocycles. The minimum atomic E-state index is -0.367. The van der Waals surface area contributed by atoms with Crippen molar-refractivity contribution < 1.29 is 18.3 Å². The van der Waals surface area contributed by atoms with Crippen LogP contribution in [0.2, 0.25) is 0 Å². The second-order valence-corrected chi connectivity index (χ2v) is 11.3. The lowest BCUT2D eigenvalue weighted by Gasteiger charge is -2.36. The quantitative estimate of drug-likeness (QED) is 0.312. The molecule has 0 saturated carbocycles. The smallest absolute Gasteiger partial charge is 0.240 e. The summed E-state index contributed by atoms with van der Waals surface area (Å²) < 4.78 is 25.6. The van der Waals surface area contributed by atoms with Gasteiger partial charge >= 0.3 is 0 Å². The Morgan fingerprint density at radius 2 is 1.88 bits per heavy atom. The third-order valence-electron chi connectivity index (χ3n) is 7.48. The molecule has 0 spiro atoms. The lowest BCUT2D eigenvalue weighted by Crippen LogP contribution is -2.53. The molecule has 2 atom stereocenters. The van der Waals surface area contributed by atoms with Gasteiger partial charge in [-0.15, -0.1) is 11.8 Å². The summed E-state index contributed by atoms with van der Waals surface area (Å²) in [5.74, 6) is 0.970. The predicted octanol–water partition coefficient (Wildman–Crippen LogP) is 4.31. The minimum Gasteiger partial charge on any atom is -0.486 e. The van der Waals surface area contributed by atoms with Crippen molar-refractivity contribution in [3.63, 3.8) is 0 Å². The van der Waals surface area contributed by atoms with Gasteiger partial charge in [0.05, 0.1) is 23.4 Å². The molecule has 0 aliphatic carbocycles. The first kappa shape index (κ1) is 27.4. The Morgan fingerprint density at radius 1 is 1.07 bits per heavy atom. The number of para-hydroxylation sites is 1. The van der Waals surface area contributed by atoms with Gasteiger partial charge in [0.2, 0.25) is 17.1 Å². The number of nitrogens with one attached hydrogen (secondary N) is 1. The lowest BCUT2D eigenvalue weighted by atomic mass is 10.1. The number of amides is 1. The largest absolute Gasteiger partial charge is 0.486 e. The highest BCUT2D eigenvalue weighted by Gasteiger charge is 2.34. The molecular formula is C31H31FN4O4S. The van der Waals surface area contributed by atoms with E-state index in [2.05, 4.69) is 15.2 Å². The molecule has 2 aliphatic rings. The summed E-state index contributed by atoms with van der Waals surface area (Å²) >= 11 is 1.74. The number of nitrogens with zero attached hydrogens (tertiary/aromatic N) is 3. The molecule has 2 aromatic carbocycles. The van der Waals surface area contributed by atoms with Crippen molar-refractivity contribution in [2.75, 3.05) is 45.1 Å². The van der Waals surface area contributed by atoms with Gasteiger partial charge in [-0.3, -0.25) is 24.8 Å². The summed E-state index contributed by atoms with van der Waals surface area (Å²) in [6, 6.07) is 16.6. The van der Waals surface area contributed by atoms with E-state index >= 15 is 0 Å². The summed E-state index contributed by atoms with van der Waals surface area (Å²) in [6.07, 6.45) is 4.30. The number of carbonyl (C=O) groups excluding carboxylic acids is 1. The van der Waals surface area contributed by atoms with Crippen LogP contribution in [0.25, 0.3) is 22.3 Å². The highest BCUT2D eigenvalue weighted by Crippen LogP contribution is 2.33. The van der Waals surface area contributed by atoms with Gasteiger partial charge in [-0.05, 0) is 54.4 Å². The third-order valence-corrected chi connectivity index (χ3v) is 8.75. The molecule has 2 saturated heterocycles. The first-order valence-electron chi connectivity index (χ1n) is 13.8. The Bertz CT molecular complexity index is 1560. The Kier molecular flexibility index (Phi) is 8.31. The average Bonchev–Trinajstić information content (AvgIpc) is 3.51. The number of thioether (sulfide) groups is 1. The first-order chi connectivity index (χ1) is 20.1. The zero-order chi connectivity index (χ0) is 28.2. The Morgan fingerprint density at radius 3 is 2.66 bits per heavy atom. The highest BCUT2D eigenvalue weighted by atomic mass is 32.2. The molecule has 8 nitrogen and oxygen atoms in total. The van der Waals surface area contributed by atoms with Gasteiger partial charge in [0.15, 0.2) is 5.76 Å². The van der Waals surface area contributed by atoms with Crippen LogP contribution in [0.5, 0.6) is 5.75 Å².